The fourth-order valence-electron chi connectivity index (χ4n) is 1.96. The molecular formula is C13H16O5S. The first-order chi connectivity index (χ1) is 8.94. The molecule has 0 spiro atoms. The number of carboxylic acids is 1. The molecule has 6 heteroatoms. The van der Waals surface area contributed by atoms with Gasteiger partial charge in [-0.15, -0.1) is 0 Å². The van der Waals surface area contributed by atoms with Gasteiger partial charge in [0.1, 0.15) is 11.9 Å². The zero-order valence-corrected chi connectivity index (χ0v) is 11.2. The molecule has 1 N–H and O–H groups in total. The van der Waals surface area contributed by atoms with Gasteiger partial charge < -0.3 is 9.84 Å². The van der Waals surface area contributed by atoms with E-state index >= 15 is 0 Å². The van der Waals surface area contributed by atoms with Crippen molar-refractivity contribution in [1.29, 1.82) is 0 Å². The van der Waals surface area contributed by atoms with E-state index in [0.29, 0.717) is 18.6 Å². The molecule has 1 fully saturated rings. The van der Waals surface area contributed by atoms with Crippen molar-refractivity contribution >= 4 is 15.8 Å². The first-order valence-electron chi connectivity index (χ1n) is 6.12. The maximum atomic E-state index is 11.0. The highest BCUT2D eigenvalue weighted by Gasteiger charge is 2.35. The minimum atomic E-state index is -2.86. The van der Waals surface area contributed by atoms with Crippen LogP contribution in [-0.2, 0) is 21.1 Å². The Morgan fingerprint density at radius 3 is 2.42 bits per heavy atom. The van der Waals surface area contributed by atoms with Crippen LogP contribution in [0.25, 0.3) is 0 Å². The lowest BCUT2D eigenvalue weighted by molar-refractivity contribution is -0.137. The number of ether oxygens (including phenoxy) is 1. The maximum absolute atomic E-state index is 11.0. The van der Waals surface area contributed by atoms with E-state index in [-0.39, 0.29) is 24.0 Å². The fourth-order valence-corrected chi connectivity index (χ4v) is 3.13. The summed E-state index contributed by atoms with van der Waals surface area (Å²) in [5, 5.41) is 8.54. The van der Waals surface area contributed by atoms with Gasteiger partial charge in [-0.05, 0) is 30.5 Å². The van der Waals surface area contributed by atoms with E-state index in [9.17, 15) is 13.2 Å². The third kappa shape index (κ3) is 4.24. The van der Waals surface area contributed by atoms with Crippen molar-refractivity contribution in [3.8, 4) is 5.75 Å². The molecule has 1 aliphatic heterocycles. The van der Waals surface area contributed by atoms with E-state index in [4.69, 9.17) is 9.84 Å². The van der Waals surface area contributed by atoms with Crippen LogP contribution >= 0.6 is 0 Å². The highest BCUT2D eigenvalue weighted by molar-refractivity contribution is 7.92. The minimum absolute atomic E-state index is 0.0906. The molecule has 0 unspecified atom stereocenters. The van der Waals surface area contributed by atoms with Crippen molar-refractivity contribution in [3.63, 3.8) is 0 Å². The van der Waals surface area contributed by atoms with Crippen LogP contribution in [0.5, 0.6) is 5.75 Å². The fraction of sp³-hybridized carbons (Fsp3) is 0.462. The van der Waals surface area contributed by atoms with Crippen LogP contribution in [0.4, 0.5) is 0 Å². The number of aryl methyl sites for hydroxylation is 1. The molecule has 0 saturated carbocycles. The lowest BCUT2D eigenvalue weighted by Crippen LogP contribution is -2.45. The monoisotopic (exact) mass is 284 g/mol. The Labute approximate surface area is 112 Å². The zero-order chi connectivity index (χ0) is 13.9. The van der Waals surface area contributed by atoms with E-state index in [1.54, 1.807) is 12.1 Å². The van der Waals surface area contributed by atoms with Crippen molar-refractivity contribution < 1.29 is 23.1 Å². The second kappa shape index (κ2) is 5.61. The van der Waals surface area contributed by atoms with Crippen LogP contribution in [0.1, 0.15) is 18.4 Å². The third-order valence-corrected chi connectivity index (χ3v) is 4.72. The van der Waals surface area contributed by atoms with Gasteiger partial charge in [0.05, 0.1) is 11.5 Å². The Morgan fingerprint density at radius 2 is 1.89 bits per heavy atom. The van der Waals surface area contributed by atoms with Gasteiger partial charge in [-0.25, -0.2) is 8.42 Å². The quantitative estimate of drug-likeness (QED) is 0.851. The van der Waals surface area contributed by atoms with E-state index in [0.717, 1.165) is 5.56 Å². The number of carboxylic acid groups (broad SMARTS) is 1. The Morgan fingerprint density at radius 1 is 1.26 bits per heavy atom. The molecule has 5 nitrogen and oxygen atoms in total. The number of aliphatic carboxylic acids is 1. The van der Waals surface area contributed by atoms with Gasteiger partial charge in [0, 0.05) is 6.42 Å². The third-order valence-electron chi connectivity index (χ3n) is 2.96. The lowest BCUT2D eigenvalue weighted by Gasteiger charge is -2.26. The van der Waals surface area contributed by atoms with E-state index in [2.05, 4.69) is 0 Å². The molecule has 1 aromatic carbocycles. The van der Waals surface area contributed by atoms with Crippen molar-refractivity contribution in [2.24, 2.45) is 0 Å². The molecule has 0 aromatic heterocycles. The summed E-state index contributed by atoms with van der Waals surface area (Å²) in [5.41, 5.74) is 1.05. The van der Waals surface area contributed by atoms with Crippen LogP contribution in [0.3, 0.4) is 0 Å². The molecule has 1 aliphatic rings. The van der Waals surface area contributed by atoms with Crippen LogP contribution in [0.15, 0.2) is 24.3 Å². The summed E-state index contributed by atoms with van der Waals surface area (Å²) in [6.07, 6.45) is 1.25. The molecule has 0 radical (unpaired) electrons. The van der Waals surface area contributed by atoms with Gasteiger partial charge in [0.2, 0.25) is 0 Å². The normalized spacial score (nSPS) is 17.7. The molecule has 1 heterocycles. The summed E-state index contributed by atoms with van der Waals surface area (Å²) in [6.45, 7) is 0. The minimum Gasteiger partial charge on any atom is -0.488 e. The lowest BCUT2D eigenvalue weighted by atomic mass is 10.1. The summed E-state index contributed by atoms with van der Waals surface area (Å²) in [7, 11) is -2.86. The highest BCUT2D eigenvalue weighted by Crippen LogP contribution is 2.20. The van der Waals surface area contributed by atoms with Crippen LogP contribution in [0, 0.1) is 0 Å². The smallest absolute Gasteiger partial charge is 0.303 e. The molecule has 0 bridgehead atoms. The van der Waals surface area contributed by atoms with Gasteiger partial charge >= 0.3 is 5.97 Å². The van der Waals surface area contributed by atoms with Crippen molar-refractivity contribution in [1.82, 2.24) is 0 Å². The maximum Gasteiger partial charge on any atom is 0.303 e. The zero-order valence-electron chi connectivity index (χ0n) is 10.4. The molecule has 1 aromatic rings. The predicted molar refractivity (Wildman–Crippen MR) is 70.1 cm³/mol. The topological polar surface area (TPSA) is 80.7 Å². The van der Waals surface area contributed by atoms with Gasteiger partial charge in [0.25, 0.3) is 0 Å². The van der Waals surface area contributed by atoms with Crippen LogP contribution in [-0.4, -0.2) is 37.1 Å². The van der Waals surface area contributed by atoms with Gasteiger partial charge in [-0.3, -0.25) is 4.79 Å². The summed E-state index contributed by atoms with van der Waals surface area (Å²) in [6, 6.07) is 7.34. The Bertz CT molecular complexity index is 535. The standard InChI is InChI=1S/C13H16O5S/c14-13(15)3-1-2-10-4-6-11(7-5-10)18-12-8-19(16,17)9-12/h4-7,12H,1-3,8-9H2,(H,14,15). The van der Waals surface area contributed by atoms with Crippen molar-refractivity contribution in [3.05, 3.63) is 29.8 Å². The van der Waals surface area contributed by atoms with Crippen molar-refractivity contribution in [2.75, 3.05) is 11.5 Å². The first kappa shape index (κ1) is 13.9. The summed E-state index contributed by atoms with van der Waals surface area (Å²) in [4.78, 5) is 10.4. The highest BCUT2D eigenvalue weighted by atomic mass is 32.2. The molecule has 0 aliphatic carbocycles. The SMILES string of the molecule is O=C(O)CCCc1ccc(OC2CS(=O)(=O)C2)cc1. The predicted octanol–water partition coefficient (Wildman–Crippen LogP) is 1.27. The molecule has 0 amide bonds. The van der Waals surface area contributed by atoms with E-state index in [1.165, 1.54) is 0 Å². The molecular weight excluding hydrogens is 268 g/mol. The van der Waals surface area contributed by atoms with Crippen molar-refractivity contribution in [2.45, 2.75) is 25.4 Å². The Balaban J connectivity index is 1.80. The van der Waals surface area contributed by atoms with Gasteiger partial charge in [0.15, 0.2) is 9.84 Å². The Kier molecular flexibility index (Phi) is 4.09. The van der Waals surface area contributed by atoms with E-state index in [1.807, 2.05) is 12.1 Å². The summed E-state index contributed by atoms with van der Waals surface area (Å²) >= 11 is 0. The molecule has 19 heavy (non-hydrogen) atoms. The number of hydrogen-bond donors (Lipinski definition) is 1. The largest absolute Gasteiger partial charge is 0.488 e. The summed E-state index contributed by atoms with van der Waals surface area (Å²) in [5.74, 6) is 0.0498. The summed E-state index contributed by atoms with van der Waals surface area (Å²) < 4.78 is 27.5. The van der Waals surface area contributed by atoms with E-state index < -0.39 is 15.8 Å². The second-order valence-corrected chi connectivity index (χ2v) is 6.86. The average Bonchev–Trinajstić information content (AvgIpc) is 2.28. The number of hydrogen-bond acceptors (Lipinski definition) is 4. The molecule has 1 saturated heterocycles. The first-order valence-corrected chi connectivity index (χ1v) is 7.94. The molecule has 104 valence electrons. The Hall–Kier alpha value is -1.56. The van der Waals surface area contributed by atoms with Crippen LogP contribution in [0.2, 0.25) is 0 Å². The second-order valence-electron chi connectivity index (χ2n) is 4.71. The average molecular weight is 284 g/mol. The van der Waals surface area contributed by atoms with Gasteiger partial charge in [-0.1, -0.05) is 12.1 Å². The number of benzene rings is 1. The number of carbonyl (C=O) groups is 1. The molecule has 2 rings (SSSR count). The number of sulfone groups is 1. The number of rotatable bonds is 6. The molecule has 0 atom stereocenters. The van der Waals surface area contributed by atoms with Crippen LogP contribution < -0.4 is 4.74 Å². The van der Waals surface area contributed by atoms with Gasteiger partial charge in [-0.2, -0.15) is 0 Å².